The van der Waals surface area contributed by atoms with E-state index >= 15 is 0 Å². The molecule has 6 heteroatoms. The summed E-state index contributed by atoms with van der Waals surface area (Å²) in [6, 6.07) is 0. The molecule has 3 rings (SSSR count). The number of nitrogens with zero attached hydrogens (tertiary/aromatic N) is 3. The molecule has 130 valence electrons. The van der Waals surface area contributed by atoms with Crippen LogP contribution in [0.3, 0.4) is 0 Å². The topological polar surface area (TPSA) is 73.0 Å². The molecule has 1 atom stereocenters. The third-order valence-corrected chi connectivity index (χ3v) is 4.94. The van der Waals surface area contributed by atoms with Crippen molar-refractivity contribution in [3.63, 3.8) is 0 Å². The van der Waals surface area contributed by atoms with Gasteiger partial charge in [-0.2, -0.15) is 5.10 Å². The van der Waals surface area contributed by atoms with Crippen LogP contribution in [0.1, 0.15) is 61.5 Å². The molecule has 2 aromatic heterocycles. The van der Waals surface area contributed by atoms with Gasteiger partial charge in [-0.25, -0.2) is 0 Å². The first-order valence-electron chi connectivity index (χ1n) is 8.65. The second-order valence-corrected chi connectivity index (χ2v) is 7.63. The molecule has 0 saturated carbocycles. The van der Waals surface area contributed by atoms with Crippen molar-refractivity contribution in [2.24, 2.45) is 11.3 Å². The van der Waals surface area contributed by atoms with Gasteiger partial charge in [-0.15, -0.1) is 0 Å². The van der Waals surface area contributed by atoms with Crippen molar-refractivity contribution in [2.45, 2.75) is 60.0 Å². The van der Waals surface area contributed by atoms with E-state index in [0.29, 0.717) is 18.2 Å². The Hall–Kier alpha value is -2.11. The number of fused-ring (bicyclic) bond motifs is 1. The molecule has 2 heterocycles. The highest BCUT2D eigenvalue weighted by Crippen LogP contribution is 2.38. The summed E-state index contributed by atoms with van der Waals surface area (Å²) in [7, 11) is 0. The molecule has 2 aromatic rings. The number of aryl methyl sites for hydroxylation is 2. The summed E-state index contributed by atoms with van der Waals surface area (Å²) in [6.07, 6.45) is 6.52. The minimum Gasteiger partial charge on any atom is -0.360 e. The summed E-state index contributed by atoms with van der Waals surface area (Å²) >= 11 is 0. The highest BCUT2D eigenvalue weighted by Gasteiger charge is 2.34. The molecule has 0 spiro atoms. The van der Waals surface area contributed by atoms with Gasteiger partial charge in [-0.05, 0) is 31.1 Å². The van der Waals surface area contributed by atoms with Crippen LogP contribution in [0.15, 0.2) is 16.9 Å². The summed E-state index contributed by atoms with van der Waals surface area (Å²) in [6.45, 7) is 10.1. The van der Waals surface area contributed by atoms with Crippen LogP contribution >= 0.6 is 0 Å². The first-order chi connectivity index (χ1) is 11.4. The molecule has 1 N–H and O–H groups in total. The number of aromatic nitrogens is 3. The summed E-state index contributed by atoms with van der Waals surface area (Å²) in [5, 5.41) is 11.2. The minimum absolute atomic E-state index is 0.168. The molecule has 1 amide bonds. The molecule has 1 aliphatic rings. The van der Waals surface area contributed by atoms with Crippen molar-refractivity contribution in [1.82, 2.24) is 20.3 Å². The normalized spacial score (nSPS) is 17.6. The molecule has 0 aliphatic heterocycles. The molecular formula is C18H26N4O2. The van der Waals surface area contributed by atoms with Gasteiger partial charge in [-0.3, -0.25) is 9.48 Å². The van der Waals surface area contributed by atoms with Crippen LogP contribution in [0, 0.1) is 11.3 Å². The van der Waals surface area contributed by atoms with Crippen LogP contribution in [-0.2, 0) is 25.9 Å². The summed E-state index contributed by atoms with van der Waals surface area (Å²) < 4.78 is 7.26. The van der Waals surface area contributed by atoms with Gasteiger partial charge in [0.05, 0.1) is 6.20 Å². The maximum Gasteiger partial charge on any atom is 0.274 e. The van der Waals surface area contributed by atoms with E-state index in [-0.39, 0.29) is 11.3 Å². The molecule has 0 fully saturated rings. The smallest absolute Gasteiger partial charge is 0.274 e. The lowest BCUT2D eigenvalue weighted by atomic mass is 9.71. The second kappa shape index (κ2) is 6.42. The Morgan fingerprint density at radius 2 is 2.25 bits per heavy atom. The fraction of sp³-hybridized carbons (Fsp3) is 0.611. The standard InChI is InChI=1S/C18H26N4O2/c1-5-22-11-12(10-20-22)9-19-17(23)16-14-8-13(18(2,3)4)6-7-15(14)24-21-16/h10-11,13H,5-9H2,1-4H3,(H,19,23). The van der Waals surface area contributed by atoms with E-state index in [2.05, 4.69) is 36.3 Å². The van der Waals surface area contributed by atoms with Crippen LogP contribution in [0.5, 0.6) is 0 Å². The zero-order valence-corrected chi connectivity index (χ0v) is 14.9. The number of hydrogen-bond acceptors (Lipinski definition) is 4. The quantitative estimate of drug-likeness (QED) is 0.935. The van der Waals surface area contributed by atoms with Crippen molar-refractivity contribution in [1.29, 1.82) is 0 Å². The number of nitrogens with one attached hydrogen (secondary N) is 1. The van der Waals surface area contributed by atoms with Crippen LogP contribution in [-0.4, -0.2) is 20.8 Å². The van der Waals surface area contributed by atoms with E-state index in [1.165, 1.54) is 0 Å². The fourth-order valence-corrected chi connectivity index (χ4v) is 3.26. The lowest BCUT2D eigenvalue weighted by molar-refractivity contribution is 0.0940. The predicted molar refractivity (Wildman–Crippen MR) is 90.5 cm³/mol. The lowest BCUT2D eigenvalue weighted by Crippen LogP contribution is -2.29. The van der Waals surface area contributed by atoms with E-state index < -0.39 is 0 Å². The monoisotopic (exact) mass is 330 g/mol. The van der Waals surface area contributed by atoms with Gasteiger partial charge in [0.1, 0.15) is 5.76 Å². The molecule has 0 bridgehead atoms. The van der Waals surface area contributed by atoms with E-state index in [0.717, 1.165) is 42.7 Å². The summed E-state index contributed by atoms with van der Waals surface area (Å²) in [5.41, 5.74) is 2.64. The number of amides is 1. The summed E-state index contributed by atoms with van der Waals surface area (Å²) in [4.78, 5) is 12.5. The van der Waals surface area contributed by atoms with Gasteiger partial charge >= 0.3 is 0 Å². The lowest BCUT2D eigenvalue weighted by Gasteiger charge is -2.33. The Morgan fingerprint density at radius 1 is 1.46 bits per heavy atom. The SMILES string of the molecule is CCn1cc(CNC(=O)c2noc3c2CC(C(C)(C)C)CC3)cn1. The molecule has 1 unspecified atom stereocenters. The highest BCUT2D eigenvalue weighted by molar-refractivity contribution is 5.93. The van der Waals surface area contributed by atoms with Gasteiger partial charge in [-0.1, -0.05) is 25.9 Å². The van der Waals surface area contributed by atoms with Crippen molar-refractivity contribution in [3.05, 3.63) is 35.0 Å². The average molecular weight is 330 g/mol. The largest absolute Gasteiger partial charge is 0.360 e. The zero-order valence-electron chi connectivity index (χ0n) is 14.9. The van der Waals surface area contributed by atoms with Crippen molar-refractivity contribution in [2.75, 3.05) is 0 Å². The Labute approximate surface area is 142 Å². The van der Waals surface area contributed by atoms with Crippen molar-refractivity contribution < 1.29 is 9.32 Å². The Balaban J connectivity index is 1.69. The number of carbonyl (C=O) groups excluding carboxylic acids is 1. The third kappa shape index (κ3) is 3.37. The van der Waals surface area contributed by atoms with Crippen LogP contribution < -0.4 is 5.32 Å². The zero-order chi connectivity index (χ0) is 17.3. The Kier molecular flexibility index (Phi) is 4.47. The van der Waals surface area contributed by atoms with E-state index in [1.807, 2.05) is 17.8 Å². The van der Waals surface area contributed by atoms with Crippen LogP contribution in [0.4, 0.5) is 0 Å². The molecule has 24 heavy (non-hydrogen) atoms. The number of rotatable bonds is 4. The number of hydrogen-bond donors (Lipinski definition) is 1. The van der Waals surface area contributed by atoms with Crippen molar-refractivity contribution >= 4 is 5.91 Å². The summed E-state index contributed by atoms with van der Waals surface area (Å²) in [5.74, 6) is 1.25. The average Bonchev–Trinajstić information content (AvgIpc) is 3.17. The highest BCUT2D eigenvalue weighted by atomic mass is 16.5. The Morgan fingerprint density at radius 3 is 2.92 bits per heavy atom. The molecular weight excluding hydrogens is 304 g/mol. The van der Waals surface area contributed by atoms with E-state index in [4.69, 9.17) is 4.52 Å². The first-order valence-corrected chi connectivity index (χ1v) is 8.65. The van der Waals surface area contributed by atoms with Gasteiger partial charge < -0.3 is 9.84 Å². The van der Waals surface area contributed by atoms with Crippen molar-refractivity contribution in [3.8, 4) is 0 Å². The van der Waals surface area contributed by atoms with Gasteiger partial charge in [0.25, 0.3) is 5.91 Å². The predicted octanol–water partition coefficient (Wildman–Crippen LogP) is 2.97. The van der Waals surface area contributed by atoms with E-state index in [9.17, 15) is 4.79 Å². The van der Waals surface area contributed by atoms with Gasteiger partial charge in [0.2, 0.25) is 0 Å². The fourth-order valence-electron chi connectivity index (χ4n) is 3.26. The second-order valence-electron chi connectivity index (χ2n) is 7.63. The van der Waals surface area contributed by atoms with Crippen LogP contribution in [0.2, 0.25) is 0 Å². The van der Waals surface area contributed by atoms with Gasteiger partial charge in [0.15, 0.2) is 5.69 Å². The molecule has 0 radical (unpaired) electrons. The minimum atomic E-state index is -0.168. The van der Waals surface area contributed by atoms with E-state index in [1.54, 1.807) is 6.20 Å². The Bertz CT molecular complexity index is 724. The third-order valence-electron chi connectivity index (χ3n) is 4.94. The number of carbonyl (C=O) groups is 1. The molecule has 0 aromatic carbocycles. The maximum absolute atomic E-state index is 12.5. The van der Waals surface area contributed by atoms with Crippen LogP contribution in [0.25, 0.3) is 0 Å². The molecule has 0 saturated heterocycles. The molecule has 1 aliphatic carbocycles. The maximum atomic E-state index is 12.5. The first kappa shape index (κ1) is 16.7. The molecule has 6 nitrogen and oxygen atoms in total. The van der Waals surface area contributed by atoms with Gasteiger partial charge in [0, 0.05) is 36.8 Å².